The zero-order valence-corrected chi connectivity index (χ0v) is 14.8. The Bertz CT molecular complexity index is 646. The van der Waals surface area contributed by atoms with E-state index in [0.717, 1.165) is 43.6 Å². The lowest BCUT2D eigenvalue weighted by atomic mass is 9.77. The van der Waals surface area contributed by atoms with Gasteiger partial charge in [-0.3, -0.25) is 0 Å². The van der Waals surface area contributed by atoms with Gasteiger partial charge in [0.25, 0.3) is 0 Å². The molecule has 4 heteroatoms. The highest BCUT2D eigenvalue weighted by atomic mass is 15.2. The Labute approximate surface area is 144 Å². The van der Waals surface area contributed by atoms with E-state index in [9.17, 15) is 0 Å². The van der Waals surface area contributed by atoms with Crippen LogP contribution < -0.4 is 10.6 Å². The lowest BCUT2D eigenvalue weighted by Gasteiger charge is -2.33. The van der Waals surface area contributed by atoms with Crippen LogP contribution in [0.3, 0.4) is 0 Å². The maximum atomic E-state index is 4.69. The third-order valence-corrected chi connectivity index (χ3v) is 6.03. The smallest absolute Gasteiger partial charge is 0.0920 e. The van der Waals surface area contributed by atoms with E-state index in [0.29, 0.717) is 12.0 Å². The van der Waals surface area contributed by atoms with Crippen molar-refractivity contribution >= 4 is 5.70 Å². The van der Waals surface area contributed by atoms with Crippen molar-refractivity contribution in [2.45, 2.75) is 38.8 Å². The minimum absolute atomic E-state index is 0.440. The Balaban J connectivity index is 1.63. The molecule has 0 saturated heterocycles. The zero-order chi connectivity index (χ0) is 16.5. The SMILES string of the molecule is CCNCC1CC2CC1C1=C(c3ccc(CNC)cc3)N=NC2C1. The van der Waals surface area contributed by atoms with Crippen LogP contribution in [-0.2, 0) is 6.54 Å². The van der Waals surface area contributed by atoms with Crippen molar-refractivity contribution in [3.05, 3.63) is 41.0 Å². The molecule has 1 aromatic rings. The van der Waals surface area contributed by atoms with Crippen LogP contribution in [-0.4, -0.2) is 26.2 Å². The average molecular weight is 324 g/mol. The Hall–Kier alpha value is -1.52. The molecular weight excluding hydrogens is 296 g/mol. The summed E-state index contributed by atoms with van der Waals surface area (Å²) >= 11 is 0. The number of hydrogen-bond acceptors (Lipinski definition) is 4. The van der Waals surface area contributed by atoms with Crippen molar-refractivity contribution < 1.29 is 0 Å². The van der Waals surface area contributed by atoms with Gasteiger partial charge in [-0.1, -0.05) is 31.2 Å². The molecule has 2 N–H and O–H groups in total. The average Bonchev–Trinajstić information content (AvgIpc) is 3.00. The van der Waals surface area contributed by atoms with Gasteiger partial charge in [0.15, 0.2) is 0 Å². The van der Waals surface area contributed by atoms with E-state index in [1.165, 1.54) is 24.0 Å². The molecule has 4 unspecified atom stereocenters. The predicted molar refractivity (Wildman–Crippen MR) is 97.6 cm³/mol. The maximum absolute atomic E-state index is 4.69. The number of rotatable bonds is 6. The molecule has 0 radical (unpaired) electrons. The van der Waals surface area contributed by atoms with Crippen LogP contribution in [0.1, 0.15) is 37.3 Å². The molecule has 3 aliphatic rings. The van der Waals surface area contributed by atoms with Gasteiger partial charge < -0.3 is 10.6 Å². The number of azo groups is 1. The first-order valence-electron chi connectivity index (χ1n) is 9.38. The van der Waals surface area contributed by atoms with Crippen LogP contribution >= 0.6 is 0 Å². The lowest BCUT2D eigenvalue weighted by molar-refractivity contribution is 0.354. The van der Waals surface area contributed by atoms with Crippen molar-refractivity contribution in [3.8, 4) is 0 Å². The van der Waals surface area contributed by atoms with Gasteiger partial charge in [0.2, 0.25) is 0 Å². The number of hydrogen-bond donors (Lipinski definition) is 2. The zero-order valence-electron chi connectivity index (χ0n) is 14.8. The molecule has 0 amide bonds. The standard InChI is InChI=1S/C20H28N4/c1-3-22-12-16-8-15-9-17(16)18-10-19(15)23-24-20(18)14-6-4-13(5-7-14)11-21-2/h4-7,15-17,19,21-22H,3,8-12H2,1-2H3. The summed E-state index contributed by atoms with van der Waals surface area (Å²) in [6.07, 6.45) is 3.77. The monoisotopic (exact) mass is 324 g/mol. The summed E-state index contributed by atoms with van der Waals surface area (Å²) in [6, 6.07) is 9.29. The summed E-state index contributed by atoms with van der Waals surface area (Å²) in [5.74, 6) is 2.22. The van der Waals surface area contributed by atoms with E-state index in [1.807, 2.05) is 7.05 Å². The van der Waals surface area contributed by atoms with Crippen LogP contribution in [0, 0.1) is 17.8 Å². The molecule has 4 nitrogen and oxygen atoms in total. The summed E-state index contributed by atoms with van der Waals surface area (Å²) < 4.78 is 0. The highest BCUT2D eigenvalue weighted by Crippen LogP contribution is 2.53. The number of nitrogens with zero attached hydrogens (tertiary/aromatic N) is 2. The minimum atomic E-state index is 0.440. The van der Waals surface area contributed by atoms with Crippen molar-refractivity contribution in [2.75, 3.05) is 20.1 Å². The van der Waals surface area contributed by atoms with E-state index >= 15 is 0 Å². The molecule has 4 bridgehead atoms. The molecule has 1 aliphatic heterocycles. The molecule has 2 aliphatic carbocycles. The van der Waals surface area contributed by atoms with Gasteiger partial charge in [-0.25, -0.2) is 0 Å². The van der Waals surface area contributed by atoms with Gasteiger partial charge in [-0.2, -0.15) is 10.2 Å². The van der Waals surface area contributed by atoms with Crippen molar-refractivity contribution in [3.63, 3.8) is 0 Å². The normalized spacial score (nSPS) is 30.9. The fourth-order valence-electron chi connectivity index (χ4n) is 4.84. The minimum Gasteiger partial charge on any atom is -0.317 e. The topological polar surface area (TPSA) is 48.8 Å². The molecule has 4 rings (SSSR count). The molecular formula is C20H28N4. The van der Waals surface area contributed by atoms with Crippen LogP contribution in [0.2, 0.25) is 0 Å². The fourth-order valence-corrected chi connectivity index (χ4v) is 4.84. The first-order chi connectivity index (χ1) is 11.8. The third-order valence-electron chi connectivity index (χ3n) is 6.03. The highest BCUT2D eigenvalue weighted by Gasteiger charge is 2.47. The van der Waals surface area contributed by atoms with Crippen LogP contribution in [0.25, 0.3) is 5.70 Å². The first kappa shape index (κ1) is 16.0. The Morgan fingerprint density at radius 1 is 1.17 bits per heavy atom. The largest absolute Gasteiger partial charge is 0.317 e. The van der Waals surface area contributed by atoms with Crippen molar-refractivity contribution in [1.82, 2.24) is 10.6 Å². The summed E-state index contributed by atoms with van der Waals surface area (Å²) in [4.78, 5) is 0. The lowest BCUT2D eigenvalue weighted by Crippen LogP contribution is -2.28. The van der Waals surface area contributed by atoms with Gasteiger partial charge in [0, 0.05) is 12.1 Å². The van der Waals surface area contributed by atoms with Gasteiger partial charge in [0.05, 0.1) is 11.7 Å². The van der Waals surface area contributed by atoms with Gasteiger partial charge >= 0.3 is 0 Å². The van der Waals surface area contributed by atoms with Gasteiger partial charge in [-0.05, 0) is 68.3 Å². The van der Waals surface area contributed by atoms with Crippen molar-refractivity contribution in [2.24, 2.45) is 28.0 Å². The number of nitrogens with one attached hydrogen (secondary N) is 2. The first-order valence-corrected chi connectivity index (χ1v) is 9.38. The van der Waals surface area contributed by atoms with E-state index in [-0.39, 0.29) is 0 Å². The van der Waals surface area contributed by atoms with E-state index in [2.05, 4.69) is 46.9 Å². The molecule has 1 aromatic carbocycles. The highest BCUT2D eigenvalue weighted by molar-refractivity contribution is 5.69. The molecule has 128 valence electrons. The van der Waals surface area contributed by atoms with Crippen molar-refractivity contribution in [1.29, 1.82) is 0 Å². The maximum Gasteiger partial charge on any atom is 0.0920 e. The van der Waals surface area contributed by atoms with Crippen LogP contribution in [0.5, 0.6) is 0 Å². The molecule has 4 atom stereocenters. The quantitative estimate of drug-likeness (QED) is 0.840. The Kier molecular flexibility index (Phi) is 4.51. The van der Waals surface area contributed by atoms with Gasteiger partial charge in [0.1, 0.15) is 0 Å². The van der Waals surface area contributed by atoms with E-state index < -0.39 is 0 Å². The summed E-state index contributed by atoms with van der Waals surface area (Å²) in [5.41, 5.74) is 5.29. The molecule has 0 aromatic heterocycles. The number of fused-ring (bicyclic) bond motifs is 6. The summed E-state index contributed by atoms with van der Waals surface area (Å²) in [5, 5.41) is 16.2. The number of benzene rings is 1. The Morgan fingerprint density at radius 3 is 2.75 bits per heavy atom. The third kappa shape index (κ3) is 2.82. The summed E-state index contributed by atoms with van der Waals surface area (Å²) in [7, 11) is 1.98. The predicted octanol–water partition coefficient (Wildman–Crippen LogP) is 3.61. The van der Waals surface area contributed by atoms with E-state index in [4.69, 9.17) is 5.11 Å². The molecule has 1 heterocycles. The van der Waals surface area contributed by atoms with Crippen LogP contribution in [0.15, 0.2) is 40.1 Å². The molecule has 2 saturated carbocycles. The summed E-state index contributed by atoms with van der Waals surface area (Å²) in [6.45, 7) is 5.31. The second-order valence-corrected chi connectivity index (χ2v) is 7.49. The van der Waals surface area contributed by atoms with Gasteiger partial charge in [-0.15, -0.1) is 0 Å². The Morgan fingerprint density at radius 2 is 2.00 bits per heavy atom. The molecule has 0 spiro atoms. The van der Waals surface area contributed by atoms with Crippen LogP contribution in [0.4, 0.5) is 0 Å². The fraction of sp³-hybridized carbons (Fsp3) is 0.600. The second-order valence-electron chi connectivity index (χ2n) is 7.49. The molecule has 24 heavy (non-hydrogen) atoms. The molecule has 2 fully saturated rings. The second kappa shape index (κ2) is 6.77. The van der Waals surface area contributed by atoms with E-state index in [1.54, 1.807) is 5.57 Å².